The van der Waals surface area contributed by atoms with Gasteiger partial charge < -0.3 is 10.5 Å². The summed E-state index contributed by atoms with van der Waals surface area (Å²) in [6.07, 6.45) is -2.55. The number of nitrogens with two attached hydrogens (primary N) is 1. The number of hydrogen-bond acceptors (Lipinski definition) is 2. The van der Waals surface area contributed by atoms with Crippen LogP contribution in [-0.2, 0) is 6.18 Å². The van der Waals surface area contributed by atoms with Crippen molar-refractivity contribution in [2.75, 3.05) is 6.61 Å². The zero-order valence-electron chi connectivity index (χ0n) is 9.20. The van der Waals surface area contributed by atoms with E-state index in [0.717, 1.165) is 25.0 Å². The van der Waals surface area contributed by atoms with Crippen LogP contribution in [0.4, 0.5) is 13.2 Å². The molecular formula is C12H14F3NO. The van der Waals surface area contributed by atoms with Gasteiger partial charge in [0.15, 0.2) is 0 Å². The molecule has 2 N–H and O–H groups in total. The summed E-state index contributed by atoms with van der Waals surface area (Å²) in [6.45, 7) is 0.439. The predicted octanol–water partition coefficient (Wildman–Crippen LogP) is 2.82. The van der Waals surface area contributed by atoms with E-state index in [1.807, 2.05) is 0 Å². The molecular weight excluding hydrogens is 231 g/mol. The van der Waals surface area contributed by atoms with Gasteiger partial charge >= 0.3 is 6.18 Å². The van der Waals surface area contributed by atoms with Crippen LogP contribution in [-0.4, -0.2) is 12.6 Å². The number of benzene rings is 1. The number of hydrogen-bond donors (Lipinski definition) is 1. The molecule has 0 unspecified atom stereocenters. The summed E-state index contributed by atoms with van der Waals surface area (Å²) in [6, 6.07) is 5.17. The first-order valence-electron chi connectivity index (χ1n) is 5.51. The van der Waals surface area contributed by atoms with Crippen LogP contribution in [0.2, 0.25) is 0 Å². The molecule has 1 aromatic carbocycles. The fourth-order valence-corrected chi connectivity index (χ4v) is 1.90. The standard InChI is InChI=1S/C12H14F3NO/c13-12(14,15)9-2-1-3-11(6-9)17-7-8-4-10(16)5-8/h1-3,6,8,10H,4-5,7,16H2. The largest absolute Gasteiger partial charge is 0.493 e. The Kier molecular flexibility index (Phi) is 3.28. The van der Waals surface area contributed by atoms with Crippen LogP contribution in [0.1, 0.15) is 18.4 Å². The molecule has 0 bridgehead atoms. The molecule has 17 heavy (non-hydrogen) atoms. The van der Waals surface area contributed by atoms with Crippen LogP contribution < -0.4 is 10.5 Å². The van der Waals surface area contributed by atoms with E-state index in [0.29, 0.717) is 12.5 Å². The van der Waals surface area contributed by atoms with Gasteiger partial charge in [0.2, 0.25) is 0 Å². The fraction of sp³-hybridized carbons (Fsp3) is 0.500. The Labute approximate surface area is 97.6 Å². The van der Waals surface area contributed by atoms with Crippen molar-refractivity contribution in [2.45, 2.75) is 25.1 Å². The van der Waals surface area contributed by atoms with Gasteiger partial charge in [-0.2, -0.15) is 13.2 Å². The second-order valence-electron chi connectivity index (χ2n) is 4.43. The number of ether oxygens (including phenoxy) is 1. The minimum absolute atomic E-state index is 0.227. The smallest absolute Gasteiger partial charge is 0.416 e. The van der Waals surface area contributed by atoms with Crippen LogP contribution in [0, 0.1) is 5.92 Å². The lowest BCUT2D eigenvalue weighted by atomic mass is 9.82. The summed E-state index contributed by atoms with van der Waals surface area (Å²) in [5.41, 5.74) is 4.93. The molecule has 0 aromatic heterocycles. The van der Waals surface area contributed by atoms with Crippen molar-refractivity contribution in [3.8, 4) is 5.75 Å². The molecule has 0 atom stereocenters. The molecule has 2 rings (SSSR count). The van der Waals surface area contributed by atoms with Gasteiger partial charge in [-0.1, -0.05) is 6.07 Å². The molecule has 1 aliphatic rings. The molecule has 0 heterocycles. The van der Waals surface area contributed by atoms with Gasteiger partial charge in [0.05, 0.1) is 12.2 Å². The Hall–Kier alpha value is -1.23. The Morgan fingerprint density at radius 1 is 1.29 bits per heavy atom. The SMILES string of the molecule is NC1CC(COc2cccc(C(F)(F)F)c2)C1. The van der Waals surface area contributed by atoms with Crippen molar-refractivity contribution in [3.63, 3.8) is 0 Å². The van der Waals surface area contributed by atoms with Crippen molar-refractivity contribution in [3.05, 3.63) is 29.8 Å². The van der Waals surface area contributed by atoms with E-state index in [4.69, 9.17) is 10.5 Å². The van der Waals surface area contributed by atoms with E-state index in [1.54, 1.807) is 0 Å². The third-order valence-corrected chi connectivity index (χ3v) is 2.92. The lowest BCUT2D eigenvalue weighted by Gasteiger charge is -2.32. The molecule has 2 nitrogen and oxygen atoms in total. The minimum atomic E-state index is -4.32. The maximum Gasteiger partial charge on any atom is 0.416 e. The normalized spacial score (nSPS) is 24.2. The van der Waals surface area contributed by atoms with E-state index in [-0.39, 0.29) is 11.8 Å². The maximum atomic E-state index is 12.4. The van der Waals surface area contributed by atoms with Crippen molar-refractivity contribution in [1.82, 2.24) is 0 Å². The van der Waals surface area contributed by atoms with Gasteiger partial charge in [-0.05, 0) is 37.0 Å². The molecule has 5 heteroatoms. The van der Waals surface area contributed by atoms with Gasteiger partial charge in [0.1, 0.15) is 5.75 Å². The average Bonchev–Trinajstić information content (AvgIpc) is 2.22. The molecule has 1 aromatic rings. The summed E-state index contributed by atoms with van der Waals surface area (Å²) in [4.78, 5) is 0. The minimum Gasteiger partial charge on any atom is -0.493 e. The van der Waals surface area contributed by atoms with E-state index >= 15 is 0 Å². The first-order chi connectivity index (χ1) is 7.95. The zero-order chi connectivity index (χ0) is 12.5. The second kappa shape index (κ2) is 4.56. The second-order valence-corrected chi connectivity index (χ2v) is 4.43. The van der Waals surface area contributed by atoms with Gasteiger partial charge in [-0.3, -0.25) is 0 Å². The molecule has 0 radical (unpaired) electrons. The van der Waals surface area contributed by atoms with Gasteiger partial charge in [0.25, 0.3) is 0 Å². The average molecular weight is 245 g/mol. The summed E-state index contributed by atoms with van der Waals surface area (Å²) in [7, 11) is 0. The quantitative estimate of drug-likeness (QED) is 0.888. The Balaban J connectivity index is 1.92. The fourth-order valence-electron chi connectivity index (χ4n) is 1.90. The first kappa shape index (κ1) is 12.2. The summed E-state index contributed by atoms with van der Waals surface area (Å²) >= 11 is 0. The van der Waals surface area contributed by atoms with Crippen molar-refractivity contribution >= 4 is 0 Å². The van der Waals surface area contributed by atoms with Gasteiger partial charge in [-0.25, -0.2) is 0 Å². The highest BCUT2D eigenvalue weighted by molar-refractivity contribution is 5.30. The predicted molar refractivity (Wildman–Crippen MR) is 57.6 cm³/mol. The zero-order valence-corrected chi connectivity index (χ0v) is 9.20. The lowest BCUT2D eigenvalue weighted by molar-refractivity contribution is -0.137. The molecule has 0 saturated heterocycles. The maximum absolute atomic E-state index is 12.4. The summed E-state index contributed by atoms with van der Waals surface area (Å²) < 4.78 is 42.6. The van der Waals surface area contributed by atoms with E-state index in [2.05, 4.69) is 0 Å². The highest BCUT2D eigenvalue weighted by atomic mass is 19.4. The monoisotopic (exact) mass is 245 g/mol. The third-order valence-electron chi connectivity index (χ3n) is 2.92. The van der Waals surface area contributed by atoms with Crippen molar-refractivity contribution in [2.24, 2.45) is 11.7 Å². The number of rotatable bonds is 3. The topological polar surface area (TPSA) is 35.2 Å². The highest BCUT2D eigenvalue weighted by Crippen LogP contribution is 2.32. The number of halogens is 3. The lowest BCUT2D eigenvalue weighted by Crippen LogP contribution is -2.39. The Bertz CT molecular complexity index is 386. The molecule has 0 aliphatic heterocycles. The first-order valence-corrected chi connectivity index (χ1v) is 5.51. The van der Waals surface area contributed by atoms with Gasteiger partial charge in [0, 0.05) is 6.04 Å². The van der Waals surface area contributed by atoms with Crippen LogP contribution in [0.25, 0.3) is 0 Å². The van der Waals surface area contributed by atoms with Crippen molar-refractivity contribution in [1.29, 1.82) is 0 Å². The van der Waals surface area contributed by atoms with E-state index in [9.17, 15) is 13.2 Å². The van der Waals surface area contributed by atoms with Crippen LogP contribution >= 0.6 is 0 Å². The molecule has 0 amide bonds. The highest BCUT2D eigenvalue weighted by Gasteiger charge is 2.31. The van der Waals surface area contributed by atoms with Crippen LogP contribution in [0.5, 0.6) is 5.75 Å². The van der Waals surface area contributed by atoms with E-state index in [1.165, 1.54) is 12.1 Å². The Morgan fingerprint density at radius 2 is 2.00 bits per heavy atom. The van der Waals surface area contributed by atoms with Gasteiger partial charge in [-0.15, -0.1) is 0 Å². The number of alkyl halides is 3. The van der Waals surface area contributed by atoms with Crippen molar-refractivity contribution < 1.29 is 17.9 Å². The molecule has 0 spiro atoms. The summed E-state index contributed by atoms with van der Waals surface area (Å²) in [5, 5.41) is 0. The Morgan fingerprint density at radius 3 is 2.59 bits per heavy atom. The summed E-state index contributed by atoms with van der Waals surface area (Å²) in [5.74, 6) is 0.639. The molecule has 1 fully saturated rings. The molecule has 94 valence electrons. The van der Waals surface area contributed by atoms with E-state index < -0.39 is 11.7 Å². The third kappa shape index (κ3) is 3.12. The van der Waals surface area contributed by atoms with Crippen LogP contribution in [0.15, 0.2) is 24.3 Å². The molecule has 1 saturated carbocycles. The molecule has 1 aliphatic carbocycles. The van der Waals surface area contributed by atoms with Crippen LogP contribution in [0.3, 0.4) is 0 Å².